The standard InChI is InChI=1S/C16H17N3O2/c20-16(21)11-8-10-4-3-6-12(10)18-15(11)19-9-17-13-5-1-2-7-14(13)19/h8-9H,1-7H2,(H,20,21). The Morgan fingerprint density at radius 3 is 2.76 bits per heavy atom. The molecule has 2 aromatic rings. The summed E-state index contributed by atoms with van der Waals surface area (Å²) < 4.78 is 1.90. The van der Waals surface area contributed by atoms with E-state index in [0.717, 1.165) is 67.6 Å². The Labute approximate surface area is 122 Å². The minimum Gasteiger partial charge on any atom is -0.478 e. The van der Waals surface area contributed by atoms with Gasteiger partial charge in [-0.2, -0.15) is 0 Å². The average Bonchev–Trinajstić information content (AvgIpc) is 3.11. The molecular formula is C16H17N3O2. The third-order valence-corrected chi connectivity index (χ3v) is 4.52. The van der Waals surface area contributed by atoms with E-state index in [0.29, 0.717) is 11.4 Å². The van der Waals surface area contributed by atoms with Gasteiger partial charge in [0, 0.05) is 11.4 Å². The minimum absolute atomic E-state index is 0.293. The van der Waals surface area contributed by atoms with Crippen molar-refractivity contribution in [2.75, 3.05) is 0 Å². The van der Waals surface area contributed by atoms with Crippen molar-refractivity contribution in [2.45, 2.75) is 44.9 Å². The highest BCUT2D eigenvalue weighted by Gasteiger charge is 2.24. The fourth-order valence-electron chi connectivity index (χ4n) is 3.45. The maximum absolute atomic E-state index is 11.6. The number of carbonyl (C=O) groups is 1. The second-order valence-electron chi connectivity index (χ2n) is 5.84. The molecule has 108 valence electrons. The Morgan fingerprint density at radius 1 is 1.10 bits per heavy atom. The van der Waals surface area contributed by atoms with E-state index in [1.54, 1.807) is 6.33 Å². The second kappa shape index (κ2) is 4.69. The van der Waals surface area contributed by atoms with E-state index in [4.69, 9.17) is 0 Å². The van der Waals surface area contributed by atoms with Crippen LogP contribution in [0.1, 0.15) is 52.3 Å². The Hall–Kier alpha value is -2.17. The fourth-order valence-corrected chi connectivity index (χ4v) is 3.45. The largest absolute Gasteiger partial charge is 0.478 e. The molecule has 0 fully saturated rings. The highest BCUT2D eigenvalue weighted by molar-refractivity contribution is 5.91. The highest BCUT2D eigenvalue weighted by atomic mass is 16.4. The second-order valence-corrected chi connectivity index (χ2v) is 5.84. The van der Waals surface area contributed by atoms with Gasteiger partial charge in [0.25, 0.3) is 0 Å². The molecule has 5 heteroatoms. The van der Waals surface area contributed by atoms with Crippen molar-refractivity contribution in [1.29, 1.82) is 0 Å². The molecule has 0 saturated carbocycles. The fraction of sp³-hybridized carbons (Fsp3) is 0.438. The quantitative estimate of drug-likeness (QED) is 0.918. The third-order valence-electron chi connectivity index (χ3n) is 4.52. The normalized spacial score (nSPS) is 16.6. The minimum atomic E-state index is -0.912. The number of imidazole rings is 1. The van der Waals surface area contributed by atoms with E-state index in [1.165, 1.54) is 0 Å². The number of aryl methyl sites for hydroxylation is 3. The van der Waals surface area contributed by atoms with Crippen LogP contribution in [-0.4, -0.2) is 25.6 Å². The summed E-state index contributed by atoms with van der Waals surface area (Å²) in [6, 6.07) is 1.81. The van der Waals surface area contributed by atoms with Gasteiger partial charge in [0.1, 0.15) is 11.9 Å². The summed E-state index contributed by atoms with van der Waals surface area (Å²) >= 11 is 0. The van der Waals surface area contributed by atoms with Gasteiger partial charge in [0.05, 0.1) is 5.69 Å². The number of fused-ring (bicyclic) bond motifs is 2. The summed E-state index contributed by atoms with van der Waals surface area (Å²) in [7, 11) is 0. The first-order valence-electron chi connectivity index (χ1n) is 7.55. The Bertz CT molecular complexity index is 733. The molecule has 0 saturated heterocycles. The molecule has 21 heavy (non-hydrogen) atoms. The van der Waals surface area contributed by atoms with Crippen LogP contribution in [0.25, 0.3) is 5.82 Å². The number of aromatic nitrogens is 3. The molecule has 1 N–H and O–H groups in total. The summed E-state index contributed by atoms with van der Waals surface area (Å²) in [5.41, 5.74) is 4.66. The predicted octanol–water partition coefficient (Wildman–Crippen LogP) is 2.33. The number of aromatic carboxylic acids is 1. The van der Waals surface area contributed by atoms with Crippen LogP contribution in [0.5, 0.6) is 0 Å². The van der Waals surface area contributed by atoms with Gasteiger partial charge in [-0.1, -0.05) is 0 Å². The van der Waals surface area contributed by atoms with Crippen LogP contribution >= 0.6 is 0 Å². The van der Waals surface area contributed by atoms with Crippen molar-refractivity contribution in [3.63, 3.8) is 0 Å². The number of hydrogen-bond donors (Lipinski definition) is 1. The zero-order valence-corrected chi connectivity index (χ0v) is 11.8. The maximum Gasteiger partial charge on any atom is 0.339 e. The monoisotopic (exact) mass is 283 g/mol. The van der Waals surface area contributed by atoms with Crippen molar-refractivity contribution in [2.24, 2.45) is 0 Å². The number of nitrogens with zero attached hydrogens (tertiary/aromatic N) is 3. The van der Waals surface area contributed by atoms with Gasteiger partial charge in [0.2, 0.25) is 0 Å². The summed E-state index contributed by atoms with van der Waals surface area (Å²) in [4.78, 5) is 20.7. The maximum atomic E-state index is 11.6. The molecule has 0 atom stereocenters. The Balaban J connectivity index is 1.91. The molecule has 0 bridgehead atoms. The van der Waals surface area contributed by atoms with E-state index < -0.39 is 5.97 Å². The number of carboxylic acid groups (broad SMARTS) is 1. The summed E-state index contributed by atoms with van der Waals surface area (Å²) in [5.74, 6) is -0.371. The van der Waals surface area contributed by atoms with E-state index in [2.05, 4.69) is 9.97 Å². The average molecular weight is 283 g/mol. The van der Waals surface area contributed by atoms with E-state index in [1.807, 2.05) is 10.6 Å². The Kier molecular flexibility index (Phi) is 2.80. The van der Waals surface area contributed by atoms with E-state index >= 15 is 0 Å². The molecule has 0 aliphatic heterocycles. The van der Waals surface area contributed by atoms with Crippen molar-refractivity contribution in [3.05, 3.63) is 40.6 Å². The first-order chi connectivity index (χ1) is 10.2. The molecule has 0 radical (unpaired) electrons. The SMILES string of the molecule is O=C(O)c1cc2c(nc1-n1cnc3c1CCCC3)CCC2. The van der Waals surface area contributed by atoms with Crippen LogP contribution in [0.2, 0.25) is 0 Å². The lowest BCUT2D eigenvalue weighted by molar-refractivity contribution is 0.0696. The van der Waals surface area contributed by atoms with Crippen LogP contribution in [0, 0.1) is 0 Å². The number of pyridine rings is 1. The first-order valence-corrected chi connectivity index (χ1v) is 7.55. The van der Waals surface area contributed by atoms with Gasteiger partial charge in [-0.15, -0.1) is 0 Å². The van der Waals surface area contributed by atoms with E-state index in [-0.39, 0.29) is 0 Å². The lowest BCUT2D eigenvalue weighted by atomic mass is 10.0. The molecule has 2 aliphatic rings. The Morgan fingerprint density at radius 2 is 1.90 bits per heavy atom. The molecule has 4 rings (SSSR count). The molecule has 0 spiro atoms. The van der Waals surface area contributed by atoms with Crippen molar-refractivity contribution < 1.29 is 9.90 Å². The van der Waals surface area contributed by atoms with Crippen molar-refractivity contribution in [3.8, 4) is 5.82 Å². The number of carboxylic acids is 1. The summed E-state index contributed by atoms with van der Waals surface area (Å²) in [5, 5.41) is 9.53. The molecule has 2 heterocycles. The van der Waals surface area contributed by atoms with Gasteiger partial charge >= 0.3 is 5.97 Å². The van der Waals surface area contributed by atoms with Crippen LogP contribution < -0.4 is 0 Å². The lowest BCUT2D eigenvalue weighted by Gasteiger charge is -2.15. The third kappa shape index (κ3) is 1.95. The number of rotatable bonds is 2. The van der Waals surface area contributed by atoms with Crippen molar-refractivity contribution >= 4 is 5.97 Å². The molecular weight excluding hydrogens is 266 g/mol. The zero-order valence-electron chi connectivity index (χ0n) is 11.8. The summed E-state index contributed by atoms with van der Waals surface area (Å²) in [6.45, 7) is 0. The molecule has 0 unspecified atom stereocenters. The van der Waals surface area contributed by atoms with Crippen LogP contribution in [0.3, 0.4) is 0 Å². The van der Waals surface area contributed by atoms with Crippen LogP contribution in [0.4, 0.5) is 0 Å². The van der Waals surface area contributed by atoms with Crippen LogP contribution in [-0.2, 0) is 25.7 Å². The van der Waals surface area contributed by atoms with Gasteiger partial charge in [-0.3, -0.25) is 4.57 Å². The first kappa shape index (κ1) is 12.6. The smallest absolute Gasteiger partial charge is 0.339 e. The van der Waals surface area contributed by atoms with Gasteiger partial charge < -0.3 is 5.11 Å². The molecule has 2 aromatic heterocycles. The molecule has 0 amide bonds. The molecule has 5 nitrogen and oxygen atoms in total. The van der Waals surface area contributed by atoms with Gasteiger partial charge in [-0.25, -0.2) is 14.8 Å². The zero-order chi connectivity index (χ0) is 14.4. The number of hydrogen-bond acceptors (Lipinski definition) is 3. The topological polar surface area (TPSA) is 68.0 Å². The predicted molar refractivity (Wildman–Crippen MR) is 77.0 cm³/mol. The molecule has 0 aromatic carbocycles. The molecule has 2 aliphatic carbocycles. The van der Waals surface area contributed by atoms with Crippen molar-refractivity contribution in [1.82, 2.24) is 14.5 Å². The van der Waals surface area contributed by atoms with E-state index in [9.17, 15) is 9.90 Å². The highest BCUT2D eigenvalue weighted by Crippen LogP contribution is 2.28. The lowest BCUT2D eigenvalue weighted by Crippen LogP contribution is -2.13. The van der Waals surface area contributed by atoms with Crippen LogP contribution in [0.15, 0.2) is 12.4 Å². The van der Waals surface area contributed by atoms with Gasteiger partial charge in [0.15, 0.2) is 5.82 Å². The van der Waals surface area contributed by atoms with Gasteiger partial charge in [-0.05, 0) is 56.6 Å². The summed E-state index contributed by atoms with van der Waals surface area (Å²) in [6.07, 6.45) is 8.91.